The monoisotopic (exact) mass is 341 g/mol. The zero-order valence-electron chi connectivity index (χ0n) is 15.9. The van der Waals surface area contributed by atoms with Crippen molar-refractivity contribution in [3.63, 3.8) is 0 Å². The van der Waals surface area contributed by atoms with Crippen LogP contribution in [0.25, 0.3) is 5.57 Å². The van der Waals surface area contributed by atoms with Crippen LogP contribution in [0, 0.1) is 0 Å². The first kappa shape index (κ1) is 19.3. The first-order valence-corrected chi connectivity index (χ1v) is 9.44. The molecule has 0 aromatic heterocycles. The van der Waals surface area contributed by atoms with Crippen LogP contribution < -0.4 is 10.6 Å². The van der Waals surface area contributed by atoms with E-state index in [0.717, 1.165) is 37.2 Å². The number of nitrogens with one attached hydrogen (secondary N) is 2. The molecule has 1 fully saturated rings. The number of benzene rings is 1. The van der Waals surface area contributed by atoms with Crippen LogP contribution in [0.5, 0.6) is 0 Å². The lowest BCUT2D eigenvalue weighted by molar-refractivity contribution is 0.202. The quantitative estimate of drug-likeness (QED) is 0.800. The predicted octanol–water partition coefficient (Wildman–Crippen LogP) is 4.30. The molecule has 2 amide bonds. The maximum Gasteiger partial charge on any atom is 0.322 e. The van der Waals surface area contributed by atoms with Crippen LogP contribution in [0.2, 0.25) is 0 Å². The maximum absolute atomic E-state index is 12.8. The lowest BCUT2D eigenvalue weighted by atomic mass is 9.92. The number of nitrogens with zero attached hydrogens (tertiary/aromatic N) is 1. The summed E-state index contributed by atoms with van der Waals surface area (Å²) < 4.78 is 0. The summed E-state index contributed by atoms with van der Waals surface area (Å²) >= 11 is 0. The number of piperidine rings is 1. The third-order valence-electron chi connectivity index (χ3n) is 4.68. The standard InChI is InChI=1S/C19H25N3O.C2H6/c1-3-16-17-8-6-5-7-14(17)13-22(18(16)4-2)19(23)21-15-9-11-20-12-10-15;1-2/h3-8,15,20H,9-13H2,1-2H3,(H,21,23);1-2H3/b16-3-,18-4+;. The summed E-state index contributed by atoms with van der Waals surface area (Å²) in [5.41, 5.74) is 4.56. The van der Waals surface area contributed by atoms with Crippen LogP contribution in [0.3, 0.4) is 0 Å². The van der Waals surface area contributed by atoms with Crippen molar-refractivity contribution in [3.05, 3.63) is 53.2 Å². The molecule has 0 bridgehead atoms. The number of urea groups is 1. The van der Waals surface area contributed by atoms with Crippen molar-refractivity contribution < 1.29 is 4.79 Å². The van der Waals surface area contributed by atoms with Crippen LogP contribution in [0.1, 0.15) is 51.7 Å². The van der Waals surface area contributed by atoms with Crippen molar-refractivity contribution in [1.82, 2.24) is 15.5 Å². The molecule has 0 unspecified atom stereocenters. The van der Waals surface area contributed by atoms with Crippen LogP contribution >= 0.6 is 0 Å². The van der Waals surface area contributed by atoms with E-state index < -0.39 is 0 Å². The third kappa shape index (κ3) is 4.31. The smallest absolute Gasteiger partial charge is 0.322 e. The Hall–Kier alpha value is -2.07. The molecule has 0 atom stereocenters. The zero-order chi connectivity index (χ0) is 18.2. The SMILES string of the molecule is C/C=C1\C(=C/C)N(C(=O)NC2CCNCC2)Cc2ccccc21.CC. The molecular weight excluding hydrogens is 310 g/mol. The van der Waals surface area contributed by atoms with Crippen molar-refractivity contribution in [2.24, 2.45) is 0 Å². The normalized spacial score (nSPS) is 20.7. The topological polar surface area (TPSA) is 44.4 Å². The molecule has 0 spiro atoms. The third-order valence-corrected chi connectivity index (χ3v) is 4.68. The highest BCUT2D eigenvalue weighted by molar-refractivity contribution is 5.89. The Morgan fingerprint density at radius 1 is 1.16 bits per heavy atom. The minimum absolute atomic E-state index is 0.0128. The van der Waals surface area contributed by atoms with Gasteiger partial charge in [0.25, 0.3) is 0 Å². The highest BCUT2D eigenvalue weighted by Gasteiger charge is 2.29. The van der Waals surface area contributed by atoms with Gasteiger partial charge in [-0.1, -0.05) is 50.3 Å². The first-order valence-electron chi connectivity index (χ1n) is 9.44. The van der Waals surface area contributed by atoms with Crippen LogP contribution in [0.15, 0.2) is 42.1 Å². The predicted molar refractivity (Wildman–Crippen MR) is 105 cm³/mol. The molecule has 4 heteroatoms. The van der Waals surface area contributed by atoms with E-state index in [-0.39, 0.29) is 12.1 Å². The average Bonchev–Trinajstić information content (AvgIpc) is 2.68. The van der Waals surface area contributed by atoms with Crippen LogP contribution in [-0.2, 0) is 6.54 Å². The summed E-state index contributed by atoms with van der Waals surface area (Å²) in [6, 6.07) is 8.62. The number of amides is 2. The van der Waals surface area contributed by atoms with Gasteiger partial charge in [0, 0.05) is 17.3 Å². The van der Waals surface area contributed by atoms with Gasteiger partial charge in [0.2, 0.25) is 0 Å². The molecule has 3 rings (SSSR count). The van der Waals surface area contributed by atoms with Crippen molar-refractivity contribution in [1.29, 1.82) is 0 Å². The van der Waals surface area contributed by atoms with Gasteiger partial charge in [-0.15, -0.1) is 0 Å². The van der Waals surface area contributed by atoms with E-state index in [1.807, 2.05) is 44.7 Å². The summed E-state index contributed by atoms with van der Waals surface area (Å²) in [7, 11) is 0. The van der Waals surface area contributed by atoms with Gasteiger partial charge in [0.1, 0.15) is 0 Å². The van der Waals surface area contributed by atoms with Crippen molar-refractivity contribution in [3.8, 4) is 0 Å². The number of fused-ring (bicyclic) bond motifs is 1. The number of rotatable bonds is 1. The van der Waals surface area contributed by atoms with Gasteiger partial charge in [-0.2, -0.15) is 0 Å². The number of hydrogen-bond acceptors (Lipinski definition) is 2. The van der Waals surface area contributed by atoms with Gasteiger partial charge in [-0.3, -0.25) is 4.90 Å². The van der Waals surface area contributed by atoms with E-state index in [4.69, 9.17) is 0 Å². The number of carbonyl (C=O) groups is 1. The molecule has 1 saturated heterocycles. The number of allylic oxidation sites excluding steroid dienone is 3. The second kappa shape index (κ2) is 9.42. The molecule has 0 saturated carbocycles. The van der Waals surface area contributed by atoms with Gasteiger partial charge in [0.15, 0.2) is 0 Å². The molecule has 136 valence electrons. The van der Waals surface area contributed by atoms with Crippen molar-refractivity contribution in [2.45, 2.75) is 53.1 Å². The molecular formula is C21H31N3O. The second-order valence-electron chi connectivity index (χ2n) is 6.09. The summed E-state index contributed by atoms with van der Waals surface area (Å²) in [6.07, 6.45) is 6.13. The van der Waals surface area contributed by atoms with E-state index >= 15 is 0 Å². The zero-order valence-corrected chi connectivity index (χ0v) is 15.9. The highest BCUT2D eigenvalue weighted by atomic mass is 16.2. The minimum Gasteiger partial charge on any atom is -0.335 e. The van der Waals surface area contributed by atoms with Gasteiger partial charge >= 0.3 is 6.03 Å². The van der Waals surface area contributed by atoms with Crippen LogP contribution in [-0.4, -0.2) is 30.1 Å². The Bertz CT molecular complexity index is 642. The molecule has 2 aliphatic heterocycles. The van der Waals surface area contributed by atoms with E-state index in [0.29, 0.717) is 6.54 Å². The van der Waals surface area contributed by atoms with Gasteiger partial charge in [0.05, 0.1) is 6.54 Å². The van der Waals surface area contributed by atoms with E-state index in [9.17, 15) is 4.79 Å². The second-order valence-corrected chi connectivity index (χ2v) is 6.09. The fraction of sp³-hybridized carbons (Fsp3) is 0.476. The van der Waals surface area contributed by atoms with E-state index in [1.54, 1.807) is 0 Å². The van der Waals surface area contributed by atoms with Gasteiger partial charge in [-0.25, -0.2) is 4.79 Å². The highest BCUT2D eigenvalue weighted by Crippen LogP contribution is 2.35. The van der Waals surface area contributed by atoms with Crippen molar-refractivity contribution >= 4 is 11.6 Å². The maximum atomic E-state index is 12.8. The van der Waals surface area contributed by atoms with E-state index in [1.165, 1.54) is 11.1 Å². The Morgan fingerprint density at radius 3 is 2.48 bits per heavy atom. The number of hydrogen-bond donors (Lipinski definition) is 2. The number of carbonyl (C=O) groups excluding carboxylic acids is 1. The molecule has 2 heterocycles. The largest absolute Gasteiger partial charge is 0.335 e. The molecule has 2 N–H and O–H groups in total. The summed E-state index contributed by atoms with van der Waals surface area (Å²) in [6.45, 7) is 10.6. The Morgan fingerprint density at radius 2 is 1.84 bits per heavy atom. The summed E-state index contributed by atoms with van der Waals surface area (Å²) in [4.78, 5) is 14.7. The van der Waals surface area contributed by atoms with Crippen molar-refractivity contribution in [2.75, 3.05) is 13.1 Å². The Labute approximate surface area is 152 Å². The minimum atomic E-state index is 0.0128. The lowest BCUT2D eigenvalue weighted by Crippen LogP contribution is -2.48. The summed E-state index contributed by atoms with van der Waals surface area (Å²) in [5, 5.41) is 6.54. The van der Waals surface area contributed by atoms with Gasteiger partial charge in [-0.05, 0) is 50.9 Å². The molecule has 1 aromatic rings. The van der Waals surface area contributed by atoms with E-state index in [2.05, 4.69) is 34.9 Å². The molecule has 0 radical (unpaired) electrons. The molecule has 0 aliphatic carbocycles. The summed E-state index contributed by atoms with van der Waals surface area (Å²) in [5.74, 6) is 0. The fourth-order valence-corrected chi connectivity index (χ4v) is 3.47. The molecule has 1 aromatic carbocycles. The lowest BCUT2D eigenvalue weighted by Gasteiger charge is -2.35. The molecule has 25 heavy (non-hydrogen) atoms. The average molecular weight is 341 g/mol. The first-order chi connectivity index (χ1) is 12.2. The Balaban J connectivity index is 0.00000109. The fourth-order valence-electron chi connectivity index (χ4n) is 3.47. The van der Waals surface area contributed by atoms with Crippen LogP contribution in [0.4, 0.5) is 4.79 Å². The Kier molecular flexibility index (Phi) is 7.26. The molecule has 4 nitrogen and oxygen atoms in total. The van der Waals surface area contributed by atoms with Gasteiger partial charge < -0.3 is 10.6 Å². The molecule has 2 aliphatic rings.